The predicted molar refractivity (Wildman–Crippen MR) is 113 cm³/mol. The van der Waals surface area contributed by atoms with Gasteiger partial charge in [-0.05, 0) is 25.3 Å². The Kier molecular flexibility index (Phi) is 7.43. The van der Waals surface area contributed by atoms with E-state index >= 15 is 0 Å². The van der Waals surface area contributed by atoms with Gasteiger partial charge in [-0.1, -0.05) is 31.7 Å². The van der Waals surface area contributed by atoms with E-state index in [1.807, 2.05) is 4.90 Å². The Bertz CT molecular complexity index is 873. The van der Waals surface area contributed by atoms with Crippen molar-refractivity contribution in [1.82, 2.24) is 14.5 Å². The monoisotopic (exact) mass is 438 g/mol. The van der Waals surface area contributed by atoms with Crippen LogP contribution in [0.4, 0.5) is 5.69 Å². The van der Waals surface area contributed by atoms with E-state index in [-0.39, 0.29) is 42.2 Å². The van der Waals surface area contributed by atoms with Gasteiger partial charge in [-0.15, -0.1) is 0 Å². The normalized spacial score (nSPS) is 19.9. The summed E-state index contributed by atoms with van der Waals surface area (Å²) < 4.78 is 27.4. The van der Waals surface area contributed by atoms with Crippen LogP contribution in [-0.2, 0) is 14.8 Å². The molecule has 10 heteroatoms. The Morgan fingerprint density at radius 1 is 1.13 bits per heavy atom. The highest BCUT2D eigenvalue weighted by atomic mass is 32.2. The quantitative estimate of drug-likeness (QED) is 0.413. The summed E-state index contributed by atoms with van der Waals surface area (Å²) in [4.78, 5) is 24.7. The van der Waals surface area contributed by atoms with E-state index in [2.05, 4.69) is 5.32 Å². The fourth-order valence-electron chi connectivity index (χ4n) is 4.15. The molecule has 1 aromatic carbocycles. The minimum atomic E-state index is -3.83. The molecule has 0 spiro atoms. The van der Waals surface area contributed by atoms with Gasteiger partial charge < -0.3 is 5.32 Å². The first-order valence-corrected chi connectivity index (χ1v) is 12.0. The van der Waals surface area contributed by atoms with Crippen molar-refractivity contribution in [2.45, 2.75) is 56.4 Å². The van der Waals surface area contributed by atoms with Crippen LogP contribution in [0, 0.1) is 17.0 Å². The molecule has 0 radical (unpaired) electrons. The van der Waals surface area contributed by atoms with Gasteiger partial charge in [-0.25, -0.2) is 8.42 Å². The standard InChI is InChI=1S/C20H30N4O5S/c1-16-8-9-18(24(26)27)14-19(16)30(28,29)23-12-10-22(11-13-23)15-20(25)21-17-6-4-2-3-5-7-17/h8-9,14,17H,2-7,10-13,15H2,1H3,(H,21,25). The lowest BCUT2D eigenvalue weighted by atomic mass is 10.1. The van der Waals surface area contributed by atoms with Gasteiger partial charge in [-0.2, -0.15) is 4.31 Å². The molecule has 1 aliphatic carbocycles. The van der Waals surface area contributed by atoms with E-state index in [0.29, 0.717) is 18.7 Å². The van der Waals surface area contributed by atoms with Crippen molar-refractivity contribution in [3.63, 3.8) is 0 Å². The first-order valence-electron chi connectivity index (χ1n) is 10.5. The number of benzene rings is 1. The molecule has 1 N–H and O–H groups in total. The van der Waals surface area contributed by atoms with Crippen molar-refractivity contribution in [2.75, 3.05) is 32.7 Å². The number of hydrogen-bond donors (Lipinski definition) is 1. The van der Waals surface area contributed by atoms with Crippen molar-refractivity contribution < 1.29 is 18.1 Å². The van der Waals surface area contributed by atoms with Crippen LogP contribution in [0.5, 0.6) is 0 Å². The van der Waals surface area contributed by atoms with Gasteiger partial charge in [-0.3, -0.25) is 19.8 Å². The molecule has 9 nitrogen and oxygen atoms in total. The largest absolute Gasteiger partial charge is 0.352 e. The van der Waals surface area contributed by atoms with E-state index in [9.17, 15) is 23.3 Å². The van der Waals surface area contributed by atoms with E-state index in [1.165, 1.54) is 29.3 Å². The minimum absolute atomic E-state index is 0.00673. The SMILES string of the molecule is Cc1ccc([N+](=O)[O-])cc1S(=O)(=O)N1CCN(CC(=O)NC2CCCCCC2)CC1. The lowest BCUT2D eigenvalue weighted by Gasteiger charge is -2.34. The van der Waals surface area contributed by atoms with Crippen LogP contribution < -0.4 is 5.32 Å². The summed E-state index contributed by atoms with van der Waals surface area (Å²) in [5.74, 6) is -0.00673. The molecule has 1 amide bonds. The van der Waals surface area contributed by atoms with Gasteiger partial charge >= 0.3 is 0 Å². The molecule has 1 saturated carbocycles. The molecule has 1 aromatic rings. The molecular weight excluding hydrogens is 408 g/mol. The number of nitrogens with one attached hydrogen (secondary N) is 1. The first-order chi connectivity index (χ1) is 14.3. The molecule has 3 rings (SSSR count). The minimum Gasteiger partial charge on any atom is -0.352 e. The lowest BCUT2D eigenvalue weighted by molar-refractivity contribution is -0.385. The van der Waals surface area contributed by atoms with Crippen molar-refractivity contribution in [3.8, 4) is 0 Å². The van der Waals surface area contributed by atoms with Gasteiger partial charge in [0.05, 0.1) is 16.4 Å². The van der Waals surface area contributed by atoms with E-state index in [4.69, 9.17) is 0 Å². The van der Waals surface area contributed by atoms with Gasteiger partial charge in [0.25, 0.3) is 5.69 Å². The number of nitrogens with zero attached hydrogens (tertiary/aromatic N) is 3. The van der Waals surface area contributed by atoms with Gasteiger partial charge in [0.1, 0.15) is 0 Å². The molecule has 1 aliphatic heterocycles. The number of rotatable bonds is 6. The molecule has 30 heavy (non-hydrogen) atoms. The number of non-ortho nitro benzene ring substituents is 1. The average molecular weight is 439 g/mol. The maximum atomic E-state index is 13.0. The average Bonchev–Trinajstić information content (AvgIpc) is 2.97. The van der Waals surface area contributed by atoms with Gasteiger partial charge in [0.15, 0.2) is 0 Å². The smallest absolute Gasteiger partial charge is 0.270 e. The zero-order valence-electron chi connectivity index (χ0n) is 17.4. The van der Waals surface area contributed by atoms with Crippen LogP contribution in [0.2, 0.25) is 0 Å². The predicted octanol–water partition coefficient (Wildman–Crippen LogP) is 2.05. The summed E-state index contributed by atoms with van der Waals surface area (Å²) in [7, 11) is -3.83. The molecule has 166 valence electrons. The van der Waals surface area contributed by atoms with Crippen LogP contribution in [0.15, 0.2) is 23.1 Å². The Morgan fingerprint density at radius 3 is 2.37 bits per heavy atom. The first kappa shape index (κ1) is 22.6. The number of nitro benzene ring substituents is 1. The molecule has 1 saturated heterocycles. The van der Waals surface area contributed by atoms with Crippen molar-refractivity contribution >= 4 is 21.6 Å². The van der Waals surface area contributed by atoms with Gasteiger partial charge in [0, 0.05) is 44.4 Å². The van der Waals surface area contributed by atoms with E-state index in [1.54, 1.807) is 6.92 Å². The highest BCUT2D eigenvalue weighted by Gasteiger charge is 2.31. The fraction of sp³-hybridized carbons (Fsp3) is 0.650. The molecule has 2 aliphatic rings. The zero-order valence-corrected chi connectivity index (χ0v) is 18.2. The number of carbonyl (C=O) groups is 1. The van der Waals surface area contributed by atoms with Crippen molar-refractivity contribution in [3.05, 3.63) is 33.9 Å². The third kappa shape index (κ3) is 5.55. The summed E-state index contributed by atoms with van der Waals surface area (Å²) in [5.41, 5.74) is 0.235. The molecule has 2 fully saturated rings. The Balaban J connectivity index is 1.56. The van der Waals surface area contributed by atoms with Crippen LogP contribution in [-0.4, -0.2) is 67.2 Å². The Hall–Kier alpha value is -2.04. The highest BCUT2D eigenvalue weighted by Crippen LogP contribution is 2.25. The van der Waals surface area contributed by atoms with E-state index in [0.717, 1.165) is 31.7 Å². The second kappa shape index (κ2) is 9.84. The fourth-order valence-corrected chi connectivity index (χ4v) is 5.81. The highest BCUT2D eigenvalue weighted by molar-refractivity contribution is 7.89. The second-order valence-electron chi connectivity index (χ2n) is 8.14. The summed E-state index contributed by atoms with van der Waals surface area (Å²) >= 11 is 0. The topological polar surface area (TPSA) is 113 Å². The molecule has 0 unspecified atom stereocenters. The van der Waals surface area contributed by atoms with Crippen molar-refractivity contribution in [2.24, 2.45) is 0 Å². The maximum Gasteiger partial charge on any atom is 0.270 e. The number of amides is 1. The van der Waals surface area contributed by atoms with Crippen LogP contribution >= 0.6 is 0 Å². The van der Waals surface area contributed by atoms with Crippen LogP contribution in [0.3, 0.4) is 0 Å². The maximum absolute atomic E-state index is 13.0. The third-order valence-corrected chi connectivity index (χ3v) is 7.96. The number of nitro groups is 1. The molecule has 0 aromatic heterocycles. The molecular formula is C20H30N4O5S. The lowest BCUT2D eigenvalue weighted by Crippen LogP contribution is -2.51. The number of hydrogen-bond acceptors (Lipinski definition) is 6. The van der Waals surface area contributed by atoms with Gasteiger partial charge in [0.2, 0.25) is 15.9 Å². The molecule has 0 atom stereocenters. The zero-order chi connectivity index (χ0) is 21.7. The summed E-state index contributed by atoms with van der Waals surface area (Å²) in [6, 6.07) is 4.13. The summed E-state index contributed by atoms with van der Waals surface area (Å²) in [6.45, 7) is 3.30. The number of carbonyl (C=O) groups excluding carboxylic acids is 1. The number of sulfonamides is 1. The van der Waals surface area contributed by atoms with E-state index < -0.39 is 14.9 Å². The van der Waals surface area contributed by atoms with Crippen LogP contribution in [0.1, 0.15) is 44.1 Å². The third-order valence-electron chi connectivity index (χ3n) is 5.92. The number of aryl methyl sites for hydroxylation is 1. The van der Waals surface area contributed by atoms with Crippen LogP contribution in [0.25, 0.3) is 0 Å². The summed E-state index contributed by atoms with van der Waals surface area (Å²) in [5, 5.41) is 14.1. The number of piperazine rings is 1. The molecule has 1 heterocycles. The molecule has 0 bridgehead atoms. The second-order valence-corrected chi connectivity index (χ2v) is 10.0. The summed E-state index contributed by atoms with van der Waals surface area (Å²) in [6.07, 6.45) is 6.82. The Labute approximate surface area is 177 Å². The van der Waals surface area contributed by atoms with Crippen molar-refractivity contribution in [1.29, 1.82) is 0 Å². The Morgan fingerprint density at radius 2 is 1.77 bits per heavy atom.